The highest BCUT2D eigenvalue weighted by molar-refractivity contribution is 4.69. The third-order valence-corrected chi connectivity index (χ3v) is 4.93. The topological polar surface area (TPSA) is 58.9 Å². The Balaban J connectivity index is 3.67. The highest BCUT2D eigenvalue weighted by atomic mass is 16.6. The van der Waals surface area contributed by atoms with E-state index < -0.39 is 12.2 Å². The van der Waals surface area contributed by atoms with Crippen molar-refractivity contribution in [2.24, 2.45) is 0 Å². The van der Waals surface area contributed by atoms with Crippen molar-refractivity contribution in [1.29, 1.82) is 0 Å². The van der Waals surface area contributed by atoms with Gasteiger partial charge in [0.2, 0.25) is 0 Å². The highest BCUT2D eigenvalue weighted by Gasteiger charge is 2.21. The van der Waals surface area contributed by atoms with E-state index in [1.165, 1.54) is 77.0 Å². The zero-order chi connectivity index (χ0) is 19.3. The van der Waals surface area contributed by atoms with Gasteiger partial charge in [-0.2, -0.15) is 0 Å². The van der Waals surface area contributed by atoms with Crippen LogP contribution < -0.4 is 0 Å². The molecule has 0 aromatic carbocycles. The molecule has 158 valence electrons. The van der Waals surface area contributed by atoms with Crippen LogP contribution in [-0.2, 0) is 9.47 Å². The summed E-state index contributed by atoms with van der Waals surface area (Å²) in [7, 11) is 0. The summed E-state index contributed by atoms with van der Waals surface area (Å²) in [6.07, 6.45) is 16.5. The summed E-state index contributed by atoms with van der Waals surface area (Å²) in [6.45, 7) is 5.54. The standard InChI is InChI=1S/C22H46O4/c1-3-5-7-9-11-13-15-17-25-21(19-23)22(20-24)26-18-16-14-12-10-8-6-4-2/h21-24H,3-20H2,1-2H3/t21-,22+. The van der Waals surface area contributed by atoms with Gasteiger partial charge in [-0.15, -0.1) is 0 Å². The van der Waals surface area contributed by atoms with Crippen LogP contribution in [0.5, 0.6) is 0 Å². The third-order valence-electron chi connectivity index (χ3n) is 4.93. The fraction of sp³-hybridized carbons (Fsp3) is 1.00. The average molecular weight is 375 g/mol. The Hall–Kier alpha value is -0.160. The van der Waals surface area contributed by atoms with Crippen molar-refractivity contribution in [3.63, 3.8) is 0 Å². The number of hydrogen-bond acceptors (Lipinski definition) is 4. The predicted molar refractivity (Wildman–Crippen MR) is 110 cm³/mol. The van der Waals surface area contributed by atoms with E-state index in [1.54, 1.807) is 0 Å². The van der Waals surface area contributed by atoms with Crippen LogP contribution in [0.25, 0.3) is 0 Å². The Kier molecular flexibility index (Phi) is 21.0. The maximum atomic E-state index is 9.53. The van der Waals surface area contributed by atoms with Crippen molar-refractivity contribution in [3.8, 4) is 0 Å². The molecule has 0 aliphatic rings. The van der Waals surface area contributed by atoms with Gasteiger partial charge in [-0.25, -0.2) is 0 Å². The minimum Gasteiger partial charge on any atom is -0.394 e. The van der Waals surface area contributed by atoms with Crippen LogP contribution in [0, 0.1) is 0 Å². The molecule has 26 heavy (non-hydrogen) atoms. The maximum Gasteiger partial charge on any atom is 0.109 e. The molecule has 0 unspecified atom stereocenters. The maximum absolute atomic E-state index is 9.53. The zero-order valence-corrected chi connectivity index (χ0v) is 17.6. The number of unbranched alkanes of at least 4 members (excludes halogenated alkanes) is 12. The summed E-state index contributed by atoms with van der Waals surface area (Å²) in [4.78, 5) is 0. The van der Waals surface area contributed by atoms with E-state index in [2.05, 4.69) is 13.8 Å². The lowest BCUT2D eigenvalue weighted by Crippen LogP contribution is -2.38. The van der Waals surface area contributed by atoms with Crippen molar-refractivity contribution in [2.75, 3.05) is 26.4 Å². The van der Waals surface area contributed by atoms with Gasteiger partial charge in [0.15, 0.2) is 0 Å². The van der Waals surface area contributed by atoms with Crippen molar-refractivity contribution in [2.45, 2.75) is 116 Å². The van der Waals surface area contributed by atoms with E-state index in [4.69, 9.17) is 9.47 Å². The van der Waals surface area contributed by atoms with Crippen molar-refractivity contribution in [3.05, 3.63) is 0 Å². The second kappa shape index (κ2) is 21.1. The van der Waals surface area contributed by atoms with Gasteiger partial charge < -0.3 is 19.7 Å². The fourth-order valence-corrected chi connectivity index (χ4v) is 3.14. The molecule has 0 saturated heterocycles. The molecule has 0 aromatic rings. The number of aliphatic hydroxyl groups is 2. The lowest BCUT2D eigenvalue weighted by Gasteiger charge is -2.24. The van der Waals surface area contributed by atoms with Crippen LogP contribution in [0.1, 0.15) is 104 Å². The van der Waals surface area contributed by atoms with Crippen LogP contribution in [0.3, 0.4) is 0 Å². The fourth-order valence-electron chi connectivity index (χ4n) is 3.14. The largest absolute Gasteiger partial charge is 0.394 e. The van der Waals surface area contributed by atoms with E-state index in [9.17, 15) is 10.2 Å². The first-order valence-electron chi connectivity index (χ1n) is 11.2. The van der Waals surface area contributed by atoms with E-state index in [1.807, 2.05) is 0 Å². The molecule has 0 aliphatic heterocycles. The first-order valence-corrected chi connectivity index (χ1v) is 11.2. The number of ether oxygens (including phenoxy) is 2. The van der Waals surface area contributed by atoms with Gasteiger partial charge in [-0.05, 0) is 12.8 Å². The third kappa shape index (κ3) is 16.0. The Morgan fingerprint density at radius 3 is 1.12 bits per heavy atom. The lowest BCUT2D eigenvalue weighted by atomic mass is 10.1. The summed E-state index contributed by atoms with van der Waals surface area (Å²) < 4.78 is 11.5. The molecule has 0 aliphatic carbocycles. The molecule has 0 fully saturated rings. The van der Waals surface area contributed by atoms with Crippen LogP contribution in [0.2, 0.25) is 0 Å². The molecule has 4 nitrogen and oxygen atoms in total. The van der Waals surface area contributed by atoms with Gasteiger partial charge in [0, 0.05) is 13.2 Å². The van der Waals surface area contributed by atoms with Crippen molar-refractivity contribution < 1.29 is 19.7 Å². The number of rotatable bonds is 21. The van der Waals surface area contributed by atoms with E-state index in [-0.39, 0.29) is 13.2 Å². The van der Waals surface area contributed by atoms with E-state index in [0.29, 0.717) is 13.2 Å². The Morgan fingerprint density at radius 1 is 0.500 bits per heavy atom. The van der Waals surface area contributed by atoms with Crippen LogP contribution in [0.4, 0.5) is 0 Å². The summed E-state index contributed by atoms with van der Waals surface area (Å²) in [5, 5.41) is 19.1. The molecule has 0 aromatic heterocycles. The number of aliphatic hydroxyl groups excluding tert-OH is 2. The first-order chi connectivity index (χ1) is 12.8. The quantitative estimate of drug-likeness (QED) is 0.270. The minimum atomic E-state index is -0.412. The molecule has 0 saturated carbocycles. The Bertz CT molecular complexity index is 235. The molecular weight excluding hydrogens is 328 g/mol. The number of hydrogen-bond donors (Lipinski definition) is 2. The van der Waals surface area contributed by atoms with Crippen LogP contribution in [-0.4, -0.2) is 48.8 Å². The van der Waals surface area contributed by atoms with Gasteiger partial charge in [-0.3, -0.25) is 0 Å². The van der Waals surface area contributed by atoms with Gasteiger partial charge in [-0.1, -0.05) is 90.9 Å². The van der Waals surface area contributed by atoms with Crippen LogP contribution in [0.15, 0.2) is 0 Å². The normalized spacial score (nSPS) is 13.8. The van der Waals surface area contributed by atoms with Crippen LogP contribution >= 0.6 is 0 Å². The van der Waals surface area contributed by atoms with Gasteiger partial charge >= 0.3 is 0 Å². The molecule has 0 radical (unpaired) electrons. The smallest absolute Gasteiger partial charge is 0.109 e. The monoisotopic (exact) mass is 374 g/mol. The molecule has 2 N–H and O–H groups in total. The summed E-state index contributed by atoms with van der Waals surface area (Å²) in [5.74, 6) is 0. The van der Waals surface area contributed by atoms with E-state index >= 15 is 0 Å². The zero-order valence-electron chi connectivity index (χ0n) is 17.6. The van der Waals surface area contributed by atoms with Crippen molar-refractivity contribution >= 4 is 0 Å². The highest BCUT2D eigenvalue weighted by Crippen LogP contribution is 2.11. The SMILES string of the molecule is CCCCCCCCCO[C@@H](CO)[C@@H](CO)OCCCCCCCCC. The molecule has 0 rings (SSSR count). The van der Waals surface area contributed by atoms with Gasteiger partial charge in [0.25, 0.3) is 0 Å². The molecular formula is C22H46O4. The molecule has 0 amide bonds. The summed E-state index contributed by atoms with van der Waals surface area (Å²) >= 11 is 0. The van der Waals surface area contributed by atoms with Crippen molar-refractivity contribution in [1.82, 2.24) is 0 Å². The summed E-state index contributed by atoms with van der Waals surface area (Å²) in [5.41, 5.74) is 0. The lowest BCUT2D eigenvalue weighted by molar-refractivity contribution is -0.110. The molecule has 0 bridgehead atoms. The Morgan fingerprint density at radius 2 is 0.808 bits per heavy atom. The molecule has 0 spiro atoms. The molecule has 0 heterocycles. The molecule has 4 heteroatoms. The first kappa shape index (κ1) is 25.8. The predicted octanol–water partition coefficient (Wildman–Crippen LogP) is 5.24. The Labute approximate surface area is 162 Å². The minimum absolute atomic E-state index is 0.0985. The van der Waals surface area contributed by atoms with E-state index in [0.717, 1.165) is 12.8 Å². The second-order valence-electron chi connectivity index (χ2n) is 7.43. The average Bonchev–Trinajstić information content (AvgIpc) is 2.66. The second-order valence-corrected chi connectivity index (χ2v) is 7.43. The van der Waals surface area contributed by atoms with Gasteiger partial charge in [0.1, 0.15) is 12.2 Å². The molecule has 2 atom stereocenters. The van der Waals surface area contributed by atoms with Gasteiger partial charge in [0.05, 0.1) is 13.2 Å². The summed E-state index contributed by atoms with van der Waals surface area (Å²) in [6, 6.07) is 0.